The summed E-state index contributed by atoms with van der Waals surface area (Å²) >= 11 is 0. The Morgan fingerprint density at radius 2 is 1.77 bits per heavy atom. The van der Waals surface area contributed by atoms with Crippen molar-refractivity contribution < 1.29 is 9.53 Å². The van der Waals surface area contributed by atoms with E-state index in [0.29, 0.717) is 19.6 Å². The summed E-state index contributed by atoms with van der Waals surface area (Å²) in [6.07, 6.45) is 2.78. The zero-order valence-corrected chi connectivity index (χ0v) is 16.7. The molecule has 0 aliphatic carbocycles. The maximum absolute atomic E-state index is 13.0. The van der Waals surface area contributed by atoms with Gasteiger partial charge in [0.15, 0.2) is 0 Å². The zero-order chi connectivity index (χ0) is 20.3. The molecule has 3 aromatic carbocycles. The van der Waals surface area contributed by atoms with E-state index in [1.54, 1.807) is 0 Å². The molecule has 4 heteroatoms. The Kier molecular flexibility index (Phi) is 4.98. The summed E-state index contributed by atoms with van der Waals surface area (Å²) in [5, 5.41) is 4.39. The van der Waals surface area contributed by atoms with E-state index >= 15 is 0 Å². The fourth-order valence-corrected chi connectivity index (χ4v) is 4.32. The van der Waals surface area contributed by atoms with Gasteiger partial charge in [-0.15, -0.1) is 0 Å². The molecule has 4 nitrogen and oxygen atoms in total. The number of carbonyl (C=O) groups excluding carboxylic acids is 1. The topological polar surface area (TPSA) is 54.1 Å². The summed E-state index contributed by atoms with van der Waals surface area (Å²) in [6.45, 7) is 0.967. The van der Waals surface area contributed by atoms with Gasteiger partial charge in [-0.05, 0) is 35.2 Å². The standard InChI is InChI=1S/C26H24N2O2/c29-26(20-14-19-10-4-7-13-25(19)30-17-20)28-15-22(18-8-2-1-3-9-18)23-16-27-24-12-6-5-11-21(23)24/h1-13,16,20,22,27H,14-15,17H2,(H,28,29)/t20-,22-/m0/s1. The van der Waals surface area contributed by atoms with Crippen LogP contribution in [0.4, 0.5) is 0 Å². The number of H-pyrrole nitrogens is 1. The van der Waals surface area contributed by atoms with Crippen LogP contribution >= 0.6 is 0 Å². The summed E-state index contributed by atoms with van der Waals surface area (Å²) in [5.74, 6) is 0.843. The highest BCUT2D eigenvalue weighted by atomic mass is 16.5. The highest BCUT2D eigenvalue weighted by Gasteiger charge is 2.27. The number of rotatable bonds is 5. The first kappa shape index (κ1) is 18.5. The second-order valence-corrected chi connectivity index (χ2v) is 7.82. The van der Waals surface area contributed by atoms with E-state index in [-0.39, 0.29) is 17.7 Å². The number of amides is 1. The molecule has 2 atom stereocenters. The monoisotopic (exact) mass is 396 g/mol. The Morgan fingerprint density at radius 1 is 1.00 bits per heavy atom. The Bertz CT molecular complexity index is 1170. The molecule has 1 aliphatic rings. The van der Waals surface area contributed by atoms with Gasteiger partial charge in [0.1, 0.15) is 12.4 Å². The lowest BCUT2D eigenvalue weighted by Gasteiger charge is -2.25. The highest BCUT2D eigenvalue weighted by molar-refractivity contribution is 5.84. The molecule has 30 heavy (non-hydrogen) atoms. The summed E-state index contributed by atoms with van der Waals surface area (Å²) < 4.78 is 5.81. The number of fused-ring (bicyclic) bond motifs is 2. The zero-order valence-electron chi connectivity index (χ0n) is 16.7. The van der Waals surface area contributed by atoms with Gasteiger partial charge in [-0.25, -0.2) is 0 Å². The van der Waals surface area contributed by atoms with E-state index in [0.717, 1.165) is 16.8 Å². The molecule has 150 valence electrons. The molecule has 0 saturated heterocycles. The van der Waals surface area contributed by atoms with Crippen LogP contribution in [0.1, 0.15) is 22.6 Å². The molecule has 1 aliphatic heterocycles. The lowest BCUT2D eigenvalue weighted by molar-refractivity contribution is -0.126. The highest BCUT2D eigenvalue weighted by Crippen LogP contribution is 2.31. The molecule has 0 fully saturated rings. The first-order valence-corrected chi connectivity index (χ1v) is 10.4. The van der Waals surface area contributed by atoms with Gasteiger partial charge >= 0.3 is 0 Å². The summed E-state index contributed by atoms with van der Waals surface area (Å²) in [4.78, 5) is 16.3. The number of para-hydroxylation sites is 2. The maximum atomic E-state index is 13.0. The van der Waals surface area contributed by atoms with Crippen molar-refractivity contribution in [2.75, 3.05) is 13.2 Å². The molecule has 1 aromatic heterocycles. The number of benzene rings is 3. The van der Waals surface area contributed by atoms with Crippen LogP contribution in [-0.2, 0) is 11.2 Å². The van der Waals surface area contributed by atoms with Crippen LogP contribution in [0.3, 0.4) is 0 Å². The van der Waals surface area contributed by atoms with E-state index in [9.17, 15) is 4.79 Å². The van der Waals surface area contributed by atoms with Gasteiger partial charge in [0.05, 0.1) is 5.92 Å². The fraction of sp³-hybridized carbons (Fsp3) is 0.192. The van der Waals surface area contributed by atoms with E-state index in [2.05, 4.69) is 46.8 Å². The van der Waals surface area contributed by atoms with Crippen molar-refractivity contribution in [3.8, 4) is 5.75 Å². The normalized spacial score (nSPS) is 16.5. The maximum Gasteiger partial charge on any atom is 0.226 e. The Morgan fingerprint density at radius 3 is 2.67 bits per heavy atom. The van der Waals surface area contributed by atoms with Crippen LogP contribution in [-0.4, -0.2) is 24.0 Å². The van der Waals surface area contributed by atoms with Crippen LogP contribution in [0, 0.1) is 5.92 Å². The smallest absolute Gasteiger partial charge is 0.226 e. The van der Waals surface area contributed by atoms with Crippen LogP contribution in [0.25, 0.3) is 10.9 Å². The molecule has 0 bridgehead atoms. The van der Waals surface area contributed by atoms with Gasteiger partial charge in [-0.3, -0.25) is 4.79 Å². The first-order chi connectivity index (χ1) is 14.8. The van der Waals surface area contributed by atoms with Gasteiger partial charge in [-0.2, -0.15) is 0 Å². The first-order valence-electron chi connectivity index (χ1n) is 10.4. The van der Waals surface area contributed by atoms with Gasteiger partial charge in [-0.1, -0.05) is 66.7 Å². The minimum atomic E-state index is -0.167. The minimum absolute atomic E-state index is 0.0466. The predicted octanol–water partition coefficient (Wildman–Crippen LogP) is 4.67. The van der Waals surface area contributed by atoms with E-state index < -0.39 is 0 Å². The van der Waals surface area contributed by atoms with Crippen molar-refractivity contribution in [1.29, 1.82) is 0 Å². The van der Waals surface area contributed by atoms with Crippen molar-refractivity contribution in [3.05, 3.63) is 102 Å². The van der Waals surface area contributed by atoms with Crippen molar-refractivity contribution in [2.45, 2.75) is 12.3 Å². The summed E-state index contributed by atoms with van der Waals surface area (Å²) in [6, 6.07) is 26.6. The number of carbonyl (C=O) groups is 1. The Hall–Kier alpha value is -3.53. The van der Waals surface area contributed by atoms with Crippen LogP contribution in [0.15, 0.2) is 85.1 Å². The lowest BCUT2D eigenvalue weighted by Crippen LogP contribution is -2.39. The van der Waals surface area contributed by atoms with Crippen LogP contribution in [0.5, 0.6) is 5.75 Å². The van der Waals surface area contributed by atoms with Gasteiger partial charge < -0.3 is 15.0 Å². The van der Waals surface area contributed by atoms with Crippen LogP contribution < -0.4 is 10.1 Å². The number of ether oxygens (including phenoxy) is 1. The van der Waals surface area contributed by atoms with E-state index in [1.165, 1.54) is 16.5 Å². The summed E-state index contributed by atoms with van der Waals surface area (Å²) in [7, 11) is 0. The molecule has 0 unspecified atom stereocenters. The third-order valence-electron chi connectivity index (χ3n) is 5.93. The number of hydrogen-bond donors (Lipinski definition) is 2. The van der Waals surface area contributed by atoms with Crippen LogP contribution in [0.2, 0.25) is 0 Å². The third kappa shape index (κ3) is 3.57. The molecule has 5 rings (SSSR count). The summed E-state index contributed by atoms with van der Waals surface area (Å²) in [5.41, 5.74) is 4.59. The van der Waals surface area contributed by atoms with Crippen molar-refractivity contribution >= 4 is 16.8 Å². The van der Waals surface area contributed by atoms with Gasteiger partial charge in [0.25, 0.3) is 0 Å². The molecule has 0 spiro atoms. The molecule has 0 saturated carbocycles. The van der Waals surface area contributed by atoms with Crippen molar-refractivity contribution in [1.82, 2.24) is 10.3 Å². The second kappa shape index (κ2) is 8.07. The third-order valence-corrected chi connectivity index (χ3v) is 5.93. The fourth-order valence-electron chi connectivity index (χ4n) is 4.32. The molecule has 2 N–H and O–H groups in total. The quantitative estimate of drug-likeness (QED) is 0.515. The lowest BCUT2D eigenvalue weighted by atomic mass is 9.90. The van der Waals surface area contributed by atoms with Gasteiger partial charge in [0, 0.05) is 29.6 Å². The largest absolute Gasteiger partial charge is 0.492 e. The number of hydrogen-bond acceptors (Lipinski definition) is 2. The Balaban J connectivity index is 1.37. The molecule has 0 radical (unpaired) electrons. The number of aromatic amines is 1. The average molecular weight is 396 g/mol. The number of aromatic nitrogens is 1. The number of nitrogens with one attached hydrogen (secondary N) is 2. The van der Waals surface area contributed by atoms with Crippen molar-refractivity contribution in [3.63, 3.8) is 0 Å². The van der Waals surface area contributed by atoms with Crippen molar-refractivity contribution in [2.24, 2.45) is 5.92 Å². The SMILES string of the molecule is O=C(NC[C@@H](c1ccccc1)c1c[nH]c2ccccc12)[C@@H]1COc2ccccc2C1. The minimum Gasteiger partial charge on any atom is -0.492 e. The Labute approximate surface area is 175 Å². The van der Waals surface area contributed by atoms with Gasteiger partial charge in [0.2, 0.25) is 5.91 Å². The second-order valence-electron chi connectivity index (χ2n) is 7.82. The van der Waals surface area contributed by atoms with E-state index in [4.69, 9.17) is 4.74 Å². The predicted molar refractivity (Wildman–Crippen MR) is 119 cm³/mol. The molecular weight excluding hydrogens is 372 g/mol. The molecule has 4 aromatic rings. The average Bonchev–Trinajstić information content (AvgIpc) is 3.23. The molecular formula is C26H24N2O2. The van der Waals surface area contributed by atoms with E-state index in [1.807, 2.05) is 48.5 Å². The molecule has 2 heterocycles. The molecule has 1 amide bonds.